The molecule has 0 heterocycles. The molecule has 3 rings (SSSR count). The van der Waals surface area contributed by atoms with Gasteiger partial charge in [0.1, 0.15) is 11.8 Å². The maximum Gasteiger partial charge on any atom is 0.261 e. The van der Waals surface area contributed by atoms with Gasteiger partial charge in [0.05, 0.1) is 0 Å². The number of fused-ring (bicyclic) bond motifs is 1. The molecule has 0 unspecified atom stereocenters. The van der Waals surface area contributed by atoms with Gasteiger partial charge < -0.3 is 15.0 Å². The van der Waals surface area contributed by atoms with Gasteiger partial charge in [-0.3, -0.25) is 9.59 Å². The summed E-state index contributed by atoms with van der Waals surface area (Å²) in [5, 5.41) is 4.94. The van der Waals surface area contributed by atoms with Crippen molar-refractivity contribution in [2.75, 3.05) is 13.2 Å². The van der Waals surface area contributed by atoms with E-state index >= 15 is 0 Å². The van der Waals surface area contributed by atoms with Crippen LogP contribution in [0.5, 0.6) is 5.75 Å². The first-order valence-electron chi connectivity index (χ1n) is 10.8. The average Bonchev–Trinajstić information content (AvgIpc) is 2.81. The quantitative estimate of drug-likeness (QED) is 0.491. The highest BCUT2D eigenvalue weighted by atomic mass is 16.5. The minimum absolute atomic E-state index is 0.132. The van der Waals surface area contributed by atoms with Gasteiger partial charge >= 0.3 is 0 Å². The van der Waals surface area contributed by atoms with Crippen molar-refractivity contribution in [2.45, 2.75) is 39.3 Å². The van der Waals surface area contributed by atoms with E-state index in [1.54, 1.807) is 11.8 Å². The zero-order valence-corrected chi connectivity index (χ0v) is 18.2. The van der Waals surface area contributed by atoms with Crippen molar-refractivity contribution in [1.29, 1.82) is 0 Å². The molecule has 3 aromatic rings. The normalized spacial score (nSPS) is 11.7. The Balaban J connectivity index is 1.74. The van der Waals surface area contributed by atoms with Crippen molar-refractivity contribution in [3.8, 4) is 5.75 Å². The van der Waals surface area contributed by atoms with Crippen LogP contribution < -0.4 is 10.1 Å². The molecule has 0 aromatic heterocycles. The molecule has 1 atom stereocenters. The summed E-state index contributed by atoms with van der Waals surface area (Å²) in [6.07, 6.45) is 1.91. The molecule has 162 valence electrons. The molecule has 3 aromatic carbocycles. The van der Waals surface area contributed by atoms with Crippen LogP contribution in [0.1, 0.15) is 32.3 Å². The Hall–Kier alpha value is -3.34. The SMILES string of the molecule is CCCCNC(=O)[C@H](C)N(Cc1ccccc1)C(=O)COc1cccc2ccccc12. The maximum atomic E-state index is 13.2. The molecule has 2 amide bonds. The van der Waals surface area contributed by atoms with Crippen LogP contribution in [-0.4, -0.2) is 35.9 Å². The standard InChI is InChI=1S/C26H30N2O3/c1-3-4-17-27-26(30)20(2)28(18-21-11-6-5-7-12-21)25(29)19-31-24-16-10-14-22-13-8-9-15-23(22)24/h5-16,20H,3-4,17-19H2,1-2H3,(H,27,30)/t20-/m0/s1. The summed E-state index contributed by atoms with van der Waals surface area (Å²) in [6.45, 7) is 4.67. The smallest absolute Gasteiger partial charge is 0.261 e. The van der Waals surface area contributed by atoms with Crippen molar-refractivity contribution in [2.24, 2.45) is 0 Å². The molecule has 1 N–H and O–H groups in total. The minimum Gasteiger partial charge on any atom is -0.483 e. The Morgan fingerprint density at radius 3 is 2.45 bits per heavy atom. The summed E-state index contributed by atoms with van der Waals surface area (Å²) >= 11 is 0. The van der Waals surface area contributed by atoms with Gasteiger partial charge in [0.25, 0.3) is 5.91 Å². The van der Waals surface area contributed by atoms with Crippen molar-refractivity contribution in [3.63, 3.8) is 0 Å². The number of ether oxygens (including phenoxy) is 1. The highest BCUT2D eigenvalue weighted by Gasteiger charge is 2.26. The first-order chi connectivity index (χ1) is 15.1. The number of benzene rings is 3. The number of amides is 2. The lowest BCUT2D eigenvalue weighted by molar-refractivity contribution is -0.142. The molecular formula is C26H30N2O3. The maximum absolute atomic E-state index is 13.2. The van der Waals surface area contributed by atoms with Gasteiger partial charge in [-0.15, -0.1) is 0 Å². The zero-order chi connectivity index (χ0) is 22.1. The summed E-state index contributed by atoms with van der Waals surface area (Å²) in [5.41, 5.74) is 0.967. The molecule has 5 heteroatoms. The van der Waals surface area contributed by atoms with Crippen LogP contribution in [0.15, 0.2) is 72.8 Å². The van der Waals surface area contributed by atoms with Crippen LogP contribution in [0.4, 0.5) is 0 Å². The summed E-state index contributed by atoms with van der Waals surface area (Å²) < 4.78 is 5.91. The molecule has 0 bridgehead atoms. The molecule has 0 fully saturated rings. The molecule has 0 radical (unpaired) electrons. The number of hydrogen-bond acceptors (Lipinski definition) is 3. The first-order valence-corrected chi connectivity index (χ1v) is 10.8. The Bertz CT molecular complexity index is 998. The van der Waals surface area contributed by atoms with Crippen LogP contribution in [0.3, 0.4) is 0 Å². The van der Waals surface area contributed by atoms with Crippen LogP contribution in [-0.2, 0) is 16.1 Å². The lowest BCUT2D eigenvalue weighted by Crippen LogP contribution is -2.49. The van der Waals surface area contributed by atoms with Gasteiger partial charge in [0.2, 0.25) is 5.91 Å². The largest absolute Gasteiger partial charge is 0.483 e. The molecule has 5 nitrogen and oxygen atoms in total. The van der Waals surface area contributed by atoms with E-state index in [0.717, 1.165) is 29.2 Å². The van der Waals surface area contributed by atoms with Crippen molar-refractivity contribution in [3.05, 3.63) is 78.4 Å². The van der Waals surface area contributed by atoms with E-state index in [1.165, 1.54) is 0 Å². The molecule has 0 aliphatic carbocycles. The van der Waals surface area contributed by atoms with Crippen LogP contribution in [0.25, 0.3) is 10.8 Å². The van der Waals surface area contributed by atoms with Gasteiger partial charge in [-0.1, -0.05) is 80.1 Å². The molecule has 0 saturated carbocycles. The molecule has 0 spiro atoms. The van der Waals surface area contributed by atoms with E-state index in [0.29, 0.717) is 18.8 Å². The second-order valence-electron chi connectivity index (χ2n) is 7.59. The molecule has 0 aliphatic rings. The van der Waals surface area contributed by atoms with Gasteiger partial charge in [-0.25, -0.2) is 0 Å². The monoisotopic (exact) mass is 418 g/mol. The topological polar surface area (TPSA) is 58.6 Å². The molecule has 0 saturated heterocycles. The molecule has 31 heavy (non-hydrogen) atoms. The van der Waals surface area contributed by atoms with Crippen LogP contribution in [0.2, 0.25) is 0 Å². The third kappa shape index (κ3) is 6.07. The number of unbranched alkanes of at least 4 members (excludes halogenated alkanes) is 1. The van der Waals surface area contributed by atoms with E-state index < -0.39 is 6.04 Å². The lowest BCUT2D eigenvalue weighted by atomic mass is 10.1. The fourth-order valence-electron chi connectivity index (χ4n) is 3.44. The highest BCUT2D eigenvalue weighted by molar-refractivity contribution is 5.90. The van der Waals surface area contributed by atoms with Gasteiger partial charge in [-0.2, -0.15) is 0 Å². The number of nitrogens with zero attached hydrogens (tertiary/aromatic N) is 1. The lowest BCUT2D eigenvalue weighted by Gasteiger charge is -2.29. The Kier molecular flexibility index (Phi) is 8.05. The number of nitrogens with one attached hydrogen (secondary N) is 1. The predicted octanol–water partition coefficient (Wildman–Crippen LogP) is 4.55. The highest BCUT2D eigenvalue weighted by Crippen LogP contribution is 2.25. The summed E-state index contributed by atoms with van der Waals surface area (Å²) in [6, 6.07) is 22.8. The number of carbonyl (C=O) groups is 2. The van der Waals surface area contributed by atoms with E-state index in [9.17, 15) is 9.59 Å². The second kappa shape index (κ2) is 11.2. The van der Waals surface area contributed by atoms with Crippen LogP contribution >= 0.6 is 0 Å². The third-order valence-corrected chi connectivity index (χ3v) is 5.29. The average molecular weight is 419 g/mol. The van der Waals surface area contributed by atoms with E-state index in [-0.39, 0.29) is 18.4 Å². The van der Waals surface area contributed by atoms with E-state index in [4.69, 9.17) is 4.74 Å². The molecule has 0 aliphatic heterocycles. The van der Waals surface area contributed by atoms with Crippen molar-refractivity contribution in [1.82, 2.24) is 10.2 Å². The zero-order valence-electron chi connectivity index (χ0n) is 18.2. The first kappa shape index (κ1) is 22.3. The fraction of sp³-hybridized carbons (Fsp3) is 0.308. The predicted molar refractivity (Wildman–Crippen MR) is 124 cm³/mol. The van der Waals surface area contributed by atoms with Crippen LogP contribution in [0, 0.1) is 0 Å². The Labute approximate surface area is 184 Å². The van der Waals surface area contributed by atoms with Gasteiger partial charge in [-0.05, 0) is 30.4 Å². The van der Waals surface area contributed by atoms with Crippen molar-refractivity contribution >= 4 is 22.6 Å². The number of hydrogen-bond donors (Lipinski definition) is 1. The summed E-state index contributed by atoms with van der Waals surface area (Å²) in [7, 11) is 0. The summed E-state index contributed by atoms with van der Waals surface area (Å²) in [5.74, 6) is 0.281. The fourth-order valence-corrected chi connectivity index (χ4v) is 3.44. The third-order valence-electron chi connectivity index (χ3n) is 5.29. The second-order valence-corrected chi connectivity index (χ2v) is 7.59. The number of carbonyl (C=O) groups excluding carboxylic acids is 2. The van der Waals surface area contributed by atoms with Gasteiger partial charge in [0, 0.05) is 18.5 Å². The van der Waals surface area contributed by atoms with E-state index in [2.05, 4.69) is 12.2 Å². The minimum atomic E-state index is -0.597. The summed E-state index contributed by atoms with van der Waals surface area (Å²) in [4.78, 5) is 27.4. The van der Waals surface area contributed by atoms with Gasteiger partial charge in [0.15, 0.2) is 6.61 Å². The van der Waals surface area contributed by atoms with E-state index in [1.807, 2.05) is 72.8 Å². The Morgan fingerprint density at radius 1 is 0.968 bits per heavy atom. The Morgan fingerprint density at radius 2 is 1.68 bits per heavy atom. The van der Waals surface area contributed by atoms with Crippen molar-refractivity contribution < 1.29 is 14.3 Å². The number of rotatable bonds is 10. The molecular weight excluding hydrogens is 388 g/mol.